The van der Waals surface area contributed by atoms with E-state index in [2.05, 4.69) is 15.5 Å². The van der Waals surface area contributed by atoms with E-state index in [-0.39, 0.29) is 21.8 Å². The lowest BCUT2D eigenvalue weighted by molar-refractivity contribution is -0.137. The molecule has 30 heavy (non-hydrogen) atoms. The zero-order chi connectivity index (χ0) is 22.1. The molecule has 2 aromatic carbocycles. The monoisotopic (exact) mass is 495 g/mol. The Morgan fingerprint density at radius 2 is 1.87 bits per heavy atom. The van der Waals surface area contributed by atoms with Crippen LogP contribution in [0.3, 0.4) is 0 Å². The molecule has 0 spiro atoms. The summed E-state index contributed by atoms with van der Waals surface area (Å²) < 4.78 is 40.5. The number of nitrogens with one attached hydrogen (secondary N) is 1. The van der Waals surface area contributed by atoms with Crippen LogP contribution in [0.1, 0.15) is 5.56 Å². The third-order valence-corrected chi connectivity index (χ3v) is 5.56. The minimum absolute atomic E-state index is 0.154. The van der Waals surface area contributed by atoms with Crippen molar-refractivity contribution >= 4 is 58.2 Å². The Hall–Kier alpha value is -2.14. The number of halogens is 6. The smallest absolute Gasteiger partial charge is 0.335 e. The molecule has 1 amide bonds. The second-order valence-corrected chi connectivity index (χ2v) is 7.99. The Labute approximate surface area is 187 Å². The first-order valence-electron chi connectivity index (χ1n) is 8.02. The van der Waals surface area contributed by atoms with Gasteiger partial charge in [0.1, 0.15) is 0 Å². The van der Waals surface area contributed by atoms with E-state index in [1.165, 1.54) is 12.1 Å². The maximum absolute atomic E-state index is 13.1. The molecule has 0 aliphatic rings. The number of amides is 1. The number of nitrogens with zero attached hydrogens (tertiary/aromatic N) is 3. The van der Waals surface area contributed by atoms with Crippen LogP contribution in [0.25, 0.3) is 11.4 Å². The summed E-state index contributed by atoms with van der Waals surface area (Å²) in [6.07, 6.45) is -4.68. The van der Waals surface area contributed by atoms with Gasteiger partial charge in [-0.3, -0.25) is 4.79 Å². The predicted octanol–water partition coefficient (Wildman–Crippen LogP) is 5.37. The molecule has 0 aliphatic carbocycles. The van der Waals surface area contributed by atoms with Gasteiger partial charge in [0.15, 0.2) is 5.82 Å². The lowest BCUT2D eigenvalue weighted by atomic mass is 10.1. The van der Waals surface area contributed by atoms with Crippen LogP contribution in [0.15, 0.2) is 41.6 Å². The van der Waals surface area contributed by atoms with Gasteiger partial charge in [0.25, 0.3) is 0 Å². The van der Waals surface area contributed by atoms with E-state index in [9.17, 15) is 18.0 Å². The molecule has 1 aromatic heterocycles. The Balaban J connectivity index is 1.73. The fourth-order valence-electron chi connectivity index (χ4n) is 2.42. The number of hydrogen-bond donors (Lipinski definition) is 2. The summed E-state index contributed by atoms with van der Waals surface area (Å²) in [6.45, 7) is 0. The Morgan fingerprint density at radius 3 is 2.53 bits per heavy atom. The van der Waals surface area contributed by atoms with Crippen molar-refractivity contribution in [3.05, 3.63) is 57.0 Å². The number of thioether (sulfide) groups is 1. The summed E-state index contributed by atoms with van der Waals surface area (Å²) in [5.74, 6) is 5.18. The van der Waals surface area contributed by atoms with E-state index in [0.717, 1.165) is 28.6 Å². The number of aromatic nitrogens is 3. The van der Waals surface area contributed by atoms with Gasteiger partial charge in [0.2, 0.25) is 11.1 Å². The number of carbonyl (C=O) groups is 1. The second kappa shape index (κ2) is 8.93. The maximum atomic E-state index is 13.1. The summed E-state index contributed by atoms with van der Waals surface area (Å²) in [6, 6.07) is 7.94. The van der Waals surface area contributed by atoms with E-state index in [0.29, 0.717) is 15.6 Å². The van der Waals surface area contributed by atoms with E-state index in [4.69, 9.17) is 40.6 Å². The zero-order valence-electron chi connectivity index (χ0n) is 14.7. The van der Waals surface area contributed by atoms with Gasteiger partial charge in [-0.1, -0.05) is 52.6 Å². The predicted molar refractivity (Wildman–Crippen MR) is 111 cm³/mol. The van der Waals surface area contributed by atoms with Crippen molar-refractivity contribution in [2.45, 2.75) is 11.3 Å². The van der Waals surface area contributed by atoms with Crippen molar-refractivity contribution in [2.75, 3.05) is 16.9 Å². The molecule has 0 fully saturated rings. The molecule has 3 aromatic rings. The Bertz CT molecular complexity index is 1110. The SMILES string of the molecule is Nn1c(SCC(=O)Nc2c(Cl)cccc2C(F)(F)F)nnc1-c1ccc(Cl)cc1Cl. The molecule has 158 valence electrons. The number of rotatable bonds is 5. The molecule has 6 nitrogen and oxygen atoms in total. The summed E-state index contributed by atoms with van der Waals surface area (Å²) in [5, 5.41) is 10.7. The summed E-state index contributed by atoms with van der Waals surface area (Å²) in [5.41, 5.74) is -1.09. The molecule has 0 unspecified atom stereocenters. The van der Waals surface area contributed by atoms with E-state index in [1.54, 1.807) is 12.1 Å². The summed E-state index contributed by atoms with van der Waals surface area (Å²) in [7, 11) is 0. The van der Waals surface area contributed by atoms with Gasteiger partial charge in [0, 0.05) is 10.6 Å². The number of nitrogens with two attached hydrogens (primary N) is 1. The topological polar surface area (TPSA) is 85.8 Å². The lowest BCUT2D eigenvalue weighted by Crippen LogP contribution is -2.19. The maximum Gasteiger partial charge on any atom is 0.418 e. The minimum Gasteiger partial charge on any atom is -0.335 e. The summed E-state index contributed by atoms with van der Waals surface area (Å²) >= 11 is 18.7. The van der Waals surface area contributed by atoms with Crippen LogP contribution < -0.4 is 11.2 Å². The Kier molecular flexibility index (Phi) is 6.71. The number of carbonyl (C=O) groups excluding carboxylic acids is 1. The highest BCUT2D eigenvalue weighted by Gasteiger charge is 2.34. The first kappa shape index (κ1) is 22.5. The minimum atomic E-state index is -4.68. The van der Waals surface area contributed by atoms with Crippen molar-refractivity contribution in [1.82, 2.24) is 14.9 Å². The highest BCUT2D eigenvalue weighted by molar-refractivity contribution is 7.99. The van der Waals surface area contributed by atoms with Crippen LogP contribution in [0.4, 0.5) is 18.9 Å². The fourth-order valence-corrected chi connectivity index (χ4v) is 3.79. The third kappa shape index (κ3) is 4.94. The van der Waals surface area contributed by atoms with Gasteiger partial charge in [-0.25, -0.2) is 4.68 Å². The number of nitrogen functional groups attached to an aromatic ring is 1. The third-order valence-electron chi connectivity index (χ3n) is 3.75. The fraction of sp³-hybridized carbons (Fsp3) is 0.118. The molecular formula is C17H11Cl3F3N5OS. The first-order valence-corrected chi connectivity index (χ1v) is 10.1. The zero-order valence-corrected chi connectivity index (χ0v) is 17.8. The molecule has 3 rings (SSSR count). The standard InChI is InChI=1S/C17H11Cl3F3N5OS/c18-8-4-5-9(12(20)6-8)15-26-27-16(28(15)24)30-7-13(29)25-14-10(17(21,22)23)2-1-3-11(14)19/h1-6H,7,24H2,(H,25,29). The number of para-hydroxylation sites is 1. The van der Waals surface area contributed by atoms with Gasteiger partial charge in [-0.15, -0.1) is 10.2 Å². The highest BCUT2D eigenvalue weighted by atomic mass is 35.5. The molecule has 0 aliphatic heterocycles. The van der Waals surface area contributed by atoms with E-state index < -0.39 is 23.3 Å². The highest BCUT2D eigenvalue weighted by Crippen LogP contribution is 2.38. The Morgan fingerprint density at radius 1 is 1.13 bits per heavy atom. The van der Waals surface area contributed by atoms with Gasteiger partial charge in [-0.05, 0) is 30.3 Å². The van der Waals surface area contributed by atoms with Crippen molar-refractivity contribution < 1.29 is 18.0 Å². The van der Waals surface area contributed by atoms with Gasteiger partial charge in [-0.2, -0.15) is 13.2 Å². The number of alkyl halides is 3. The van der Waals surface area contributed by atoms with Gasteiger partial charge < -0.3 is 11.2 Å². The molecule has 0 atom stereocenters. The molecule has 0 saturated heterocycles. The van der Waals surface area contributed by atoms with Crippen molar-refractivity contribution in [2.24, 2.45) is 0 Å². The average molecular weight is 497 g/mol. The molecule has 0 radical (unpaired) electrons. The summed E-state index contributed by atoms with van der Waals surface area (Å²) in [4.78, 5) is 12.2. The molecule has 0 saturated carbocycles. The quantitative estimate of drug-likeness (QED) is 0.366. The van der Waals surface area contributed by atoms with Crippen LogP contribution in [0, 0.1) is 0 Å². The second-order valence-electron chi connectivity index (χ2n) is 5.80. The first-order chi connectivity index (χ1) is 14.1. The number of hydrogen-bond acceptors (Lipinski definition) is 5. The molecule has 0 bridgehead atoms. The van der Waals surface area contributed by atoms with Crippen molar-refractivity contribution in [1.29, 1.82) is 0 Å². The van der Waals surface area contributed by atoms with Crippen LogP contribution in [0.2, 0.25) is 15.1 Å². The molecule has 13 heteroatoms. The molecule has 1 heterocycles. The molecular weight excluding hydrogens is 486 g/mol. The van der Waals surface area contributed by atoms with Gasteiger partial charge in [0.05, 0.1) is 27.0 Å². The van der Waals surface area contributed by atoms with Crippen LogP contribution in [-0.4, -0.2) is 26.5 Å². The normalized spacial score (nSPS) is 11.5. The largest absolute Gasteiger partial charge is 0.418 e. The lowest BCUT2D eigenvalue weighted by Gasteiger charge is -2.15. The van der Waals surface area contributed by atoms with Crippen LogP contribution in [-0.2, 0) is 11.0 Å². The van der Waals surface area contributed by atoms with Crippen molar-refractivity contribution in [3.8, 4) is 11.4 Å². The number of anilines is 1. The van der Waals surface area contributed by atoms with Crippen molar-refractivity contribution in [3.63, 3.8) is 0 Å². The van der Waals surface area contributed by atoms with Crippen LogP contribution >= 0.6 is 46.6 Å². The number of benzene rings is 2. The van der Waals surface area contributed by atoms with Gasteiger partial charge >= 0.3 is 6.18 Å². The molecule has 3 N–H and O–H groups in total. The van der Waals surface area contributed by atoms with E-state index >= 15 is 0 Å². The van der Waals surface area contributed by atoms with E-state index in [1.807, 2.05) is 0 Å². The van der Waals surface area contributed by atoms with Crippen LogP contribution in [0.5, 0.6) is 0 Å². The average Bonchev–Trinajstić information content (AvgIpc) is 3.01.